The molecule has 0 atom stereocenters. The van der Waals surface area contributed by atoms with Gasteiger partial charge in [-0.25, -0.2) is 0 Å². The molecular formula is C12H22N2O2. The fourth-order valence-electron chi connectivity index (χ4n) is 2.35. The molecule has 0 radical (unpaired) electrons. The second-order valence-corrected chi connectivity index (χ2v) is 4.78. The molecule has 0 aromatic carbocycles. The van der Waals surface area contributed by atoms with Crippen molar-refractivity contribution in [3.63, 3.8) is 0 Å². The number of piperidine rings is 1. The first-order chi connectivity index (χ1) is 7.83. The first-order valence-electron chi connectivity index (χ1n) is 6.33. The Morgan fingerprint density at radius 1 is 1.31 bits per heavy atom. The Bertz CT molecular complexity index is 235. The van der Waals surface area contributed by atoms with Gasteiger partial charge in [-0.2, -0.15) is 0 Å². The number of methoxy groups -OCH3 is 1. The van der Waals surface area contributed by atoms with Gasteiger partial charge in [-0.1, -0.05) is 0 Å². The molecule has 16 heavy (non-hydrogen) atoms. The summed E-state index contributed by atoms with van der Waals surface area (Å²) in [6.07, 6.45) is 4.35. The smallest absolute Gasteiger partial charge is 0.226 e. The third kappa shape index (κ3) is 2.95. The number of hydrogen-bond donors (Lipinski definition) is 1. The highest BCUT2D eigenvalue weighted by Gasteiger charge is 2.35. The molecule has 1 N–H and O–H groups in total. The number of carbonyl (C=O) groups is 1. The molecule has 0 bridgehead atoms. The average Bonchev–Trinajstić information content (AvgIpc) is 3.15. The average molecular weight is 226 g/mol. The van der Waals surface area contributed by atoms with E-state index in [-0.39, 0.29) is 5.92 Å². The Morgan fingerprint density at radius 3 is 2.56 bits per heavy atom. The number of amides is 1. The van der Waals surface area contributed by atoms with Crippen LogP contribution >= 0.6 is 0 Å². The first-order valence-corrected chi connectivity index (χ1v) is 6.33. The molecule has 0 aromatic rings. The normalized spacial score (nSPS) is 22.1. The van der Waals surface area contributed by atoms with Crippen molar-refractivity contribution in [1.29, 1.82) is 0 Å². The number of nitrogens with zero attached hydrogens (tertiary/aromatic N) is 1. The van der Waals surface area contributed by atoms with Crippen LogP contribution in [-0.2, 0) is 9.53 Å². The number of ether oxygens (including phenoxy) is 1. The molecule has 2 aliphatic rings. The first kappa shape index (κ1) is 11.9. The quantitative estimate of drug-likeness (QED) is 0.747. The van der Waals surface area contributed by atoms with E-state index in [1.54, 1.807) is 7.11 Å². The van der Waals surface area contributed by atoms with Crippen LogP contribution in [0.4, 0.5) is 0 Å². The molecule has 1 amide bonds. The van der Waals surface area contributed by atoms with Crippen molar-refractivity contribution in [2.24, 2.45) is 5.92 Å². The lowest BCUT2D eigenvalue weighted by Gasteiger charge is -2.29. The van der Waals surface area contributed by atoms with E-state index in [0.29, 0.717) is 18.6 Å². The van der Waals surface area contributed by atoms with Gasteiger partial charge in [0.1, 0.15) is 0 Å². The molecule has 1 aliphatic carbocycles. The molecular weight excluding hydrogens is 204 g/mol. The van der Waals surface area contributed by atoms with E-state index < -0.39 is 0 Å². The van der Waals surface area contributed by atoms with Crippen LogP contribution in [-0.4, -0.2) is 50.2 Å². The van der Waals surface area contributed by atoms with Crippen molar-refractivity contribution in [3.05, 3.63) is 0 Å². The lowest BCUT2D eigenvalue weighted by atomic mass is 9.96. The summed E-state index contributed by atoms with van der Waals surface area (Å²) < 4.78 is 5.08. The fraction of sp³-hybridized carbons (Fsp3) is 0.917. The molecule has 1 saturated carbocycles. The summed E-state index contributed by atoms with van der Waals surface area (Å²) in [7, 11) is 1.69. The van der Waals surface area contributed by atoms with Crippen LogP contribution in [0.2, 0.25) is 0 Å². The minimum absolute atomic E-state index is 0.249. The summed E-state index contributed by atoms with van der Waals surface area (Å²) in [6.45, 7) is 3.40. The van der Waals surface area contributed by atoms with Gasteiger partial charge in [-0.15, -0.1) is 0 Å². The summed E-state index contributed by atoms with van der Waals surface area (Å²) in [5.41, 5.74) is 0. The second kappa shape index (κ2) is 5.64. The molecule has 4 nitrogen and oxygen atoms in total. The van der Waals surface area contributed by atoms with Crippen molar-refractivity contribution < 1.29 is 9.53 Å². The van der Waals surface area contributed by atoms with Gasteiger partial charge in [0.25, 0.3) is 0 Å². The van der Waals surface area contributed by atoms with Gasteiger partial charge in [0.2, 0.25) is 5.91 Å². The zero-order valence-electron chi connectivity index (χ0n) is 10.1. The Hall–Kier alpha value is -0.610. The molecule has 92 valence electrons. The molecule has 2 fully saturated rings. The van der Waals surface area contributed by atoms with Crippen LogP contribution in [0.3, 0.4) is 0 Å². The highest BCUT2D eigenvalue weighted by Crippen LogP contribution is 2.29. The Labute approximate surface area is 97.3 Å². The Kier molecular flexibility index (Phi) is 4.18. The van der Waals surface area contributed by atoms with Crippen LogP contribution < -0.4 is 5.32 Å². The van der Waals surface area contributed by atoms with Crippen molar-refractivity contribution in [3.8, 4) is 0 Å². The molecule has 1 heterocycles. The van der Waals surface area contributed by atoms with Gasteiger partial charge in [0.15, 0.2) is 0 Å². The van der Waals surface area contributed by atoms with E-state index in [1.807, 2.05) is 0 Å². The maximum Gasteiger partial charge on any atom is 0.226 e. The van der Waals surface area contributed by atoms with Crippen LogP contribution in [0.25, 0.3) is 0 Å². The van der Waals surface area contributed by atoms with Crippen molar-refractivity contribution in [2.45, 2.75) is 31.7 Å². The Balaban J connectivity index is 1.87. The highest BCUT2D eigenvalue weighted by molar-refractivity contribution is 5.79. The molecule has 1 saturated heterocycles. The van der Waals surface area contributed by atoms with Gasteiger partial charge >= 0.3 is 0 Å². The number of hydrogen-bond acceptors (Lipinski definition) is 3. The summed E-state index contributed by atoms with van der Waals surface area (Å²) >= 11 is 0. The summed E-state index contributed by atoms with van der Waals surface area (Å²) in [5.74, 6) is 0.611. The third-order valence-corrected chi connectivity index (χ3v) is 3.50. The van der Waals surface area contributed by atoms with Gasteiger partial charge in [-0.05, 0) is 38.8 Å². The molecule has 2 rings (SSSR count). The molecule has 1 aliphatic heterocycles. The molecule has 4 heteroatoms. The topological polar surface area (TPSA) is 41.6 Å². The number of rotatable bonds is 5. The predicted molar refractivity (Wildman–Crippen MR) is 62.2 cm³/mol. The lowest BCUT2D eigenvalue weighted by molar-refractivity contribution is -0.137. The van der Waals surface area contributed by atoms with Gasteiger partial charge in [-0.3, -0.25) is 4.79 Å². The summed E-state index contributed by atoms with van der Waals surface area (Å²) in [4.78, 5) is 14.4. The van der Waals surface area contributed by atoms with Crippen molar-refractivity contribution in [2.75, 3.05) is 33.4 Å². The third-order valence-electron chi connectivity index (χ3n) is 3.50. The van der Waals surface area contributed by atoms with Gasteiger partial charge in [0, 0.05) is 25.6 Å². The molecule has 0 unspecified atom stereocenters. The van der Waals surface area contributed by atoms with Crippen molar-refractivity contribution in [1.82, 2.24) is 10.2 Å². The van der Waals surface area contributed by atoms with E-state index in [4.69, 9.17) is 4.74 Å². The SMILES string of the molecule is COCCN(C(=O)C1CCNCC1)C1CC1. The zero-order chi connectivity index (χ0) is 11.4. The second-order valence-electron chi connectivity index (χ2n) is 4.78. The van der Waals surface area contributed by atoms with E-state index in [1.165, 1.54) is 12.8 Å². The van der Waals surface area contributed by atoms with Crippen molar-refractivity contribution >= 4 is 5.91 Å². The summed E-state index contributed by atoms with van der Waals surface area (Å²) in [6, 6.07) is 0.512. The standard InChI is InChI=1S/C12H22N2O2/c1-16-9-8-14(11-2-3-11)12(15)10-4-6-13-7-5-10/h10-11,13H,2-9H2,1H3. The largest absolute Gasteiger partial charge is 0.383 e. The maximum absolute atomic E-state index is 12.3. The van der Waals surface area contributed by atoms with E-state index in [0.717, 1.165) is 32.5 Å². The van der Waals surface area contributed by atoms with Crippen LogP contribution in [0.1, 0.15) is 25.7 Å². The van der Waals surface area contributed by atoms with Gasteiger partial charge < -0.3 is 15.0 Å². The van der Waals surface area contributed by atoms with Crippen LogP contribution in [0, 0.1) is 5.92 Å². The van der Waals surface area contributed by atoms with Crippen LogP contribution in [0.15, 0.2) is 0 Å². The fourth-order valence-corrected chi connectivity index (χ4v) is 2.35. The minimum atomic E-state index is 0.249. The van der Waals surface area contributed by atoms with E-state index in [2.05, 4.69) is 10.2 Å². The van der Waals surface area contributed by atoms with Crippen LogP contribution in [0.5, 0.6) is 0 Å². The lowest BCUT2D eigenvalue weighted by Crippen LogP contribution is -2.43. The minimum Gasteiger partial charge on any atom is -0.383 e. The molecule has 0 aromatic heterocycles. The molecule has 0 spiro atoms. The van der Waals surface area contributed by atoms with Gasteiger partial charge in [0.05, 0.1) is 6.61 Å². The zero-order valence-corrected chi connectivity index (χ0v) is 10.1. The predicted octanol–water partition coefficient (Wildman–Crippen LogP) is 0.623. The van der Waals surface area contributed by atoms with E-state index in [9.17, 15) is 4.79 Å². The number of carbonyl (C=O) groups excluding carboxylic acids is 1. The maximum atomic E-state index is 12.3. The summed E-state index contributed by atoms with van der Waals surface area (Å²) in [5, 5.41) is 3.30. The monoisotopic (exact) mass is 226 g/mol. The highest BCUT2D eigenvalue weighted by atomic mass is 16.5. The van der Waals surface area contributed by atoms with E-state index >= 15 is 0 Å². The number of nitrogens with one attached hydrogen (secondary N) is 1. The Morgan fingerprint density at radius 2 is 2.00 bits per heavy atom.